The Morgan fingerprint density at radius 3 is 2.07 bits per heavy atom. The first-order valence-corrected chi connectivity index (χ1v) is 9.54. The molecule has 6 nitrogen and oxygen atoms in total. The minimum Gasteiger partial charge on any atom is -0.341 e. The number of hydrogen-bond acceptors (Lipinski definition) is 2. The second-order valence-corrected chi connectivity index (χ2v) is 6.98. The van der Waals surface area contributed by atoms with Crippen molar-refractivity contribution in [2.45, 2.75) is 26.8 Å². The molecule has 0 bridgehead atoms. The van der Waals surface area contributed by atoms with E-state index in [0.29, 0.717) is 16.9 Å². The minimum atomic E-state index is -0.290. The standard InChI is InChI=1S/C23H26N4O2/c1-15-14-21(17(3)27(15)16(2)18-8-6-5-7-9-18)22(28)25-19-10-12-20(13-11-19)26-23(29)24-4/h5-14,16H,1-4H3,(H,25,28)(H2,24,26,29). The lowest BCUT2D eigenvalue weighted by atomic mass is 10.1. The number of carbonyl (C=O) groups excluding carboxylic acids is 2. The molecule has 0 spiro atoms. The fourth-order valence-electron chi connectivity index (χ4n) is 3.51. The first-order chi connectivity index (χ1) is 13.9. The topological polar surface area (TPSA) is 75.2 Å². The summed E-state index contributed by atoms with van der Waals surface area (Å²) in [5.41, 5.74) is 5.12. The molecule has 3 N–H and O–H groups in total. The lowest BCUT2D eigenvalue weighted by Crippen LogP contribution is -2.24. The van der Waals surface area contributed by atoms with Gasteiger partial charge in [0.25, 0.3) is 5.91 Å². The monoisotopic (exact) mass is 390 g/mol. The summed E-state index contributed by atoms with van der Waals surface area (Å²) >= 11 is 0. The number of carbonyl (C=O) groups is 2. The lowest BCUT2D eigenvalue weighted by molar-refractivity contribution is 0.102. The van der Waals surface area contributed by atoms with Gasteiger partial charge in [0.15, 0.2) is 0 Å². The number of hydrogen-bond donors (Lipinski definition) is 3. The van der Waals surface area contributed by atoms with Gasteiger partial charge < -0.3 is 20.5 Å². The van der Waals surface area contributed by atoms with Crippen LogP contribution < -0.4 is 16.0 Å². The summed E-state index contributed by atoms with van der Waals surface area (Å²) in [6.45, 7) is 6.12. The molecule has 3 rings (SSSR count). The van der Waals surface area contributed by atoms with Gasteiger partial charge in [-0.15, -0.1) is 0 Å². The highest BCUT2D eigenvalue weighted by atomic mass is 16.2. The molecule has 0 radical (unpaired) electrons. The van der Waals surface area contributed by atoms with E-state index in [4.69, 9.17) is 0 Å². The van der Waals surface area contributed by atoms with Crippen LogP contribution in [0.25, 0.3) is 0 Å². The second-order valence-electron chi connectivity index (χ2n) is 6.98. The van der Waals surface area contributed by atoms with Gasteiger partial charge in [0.1, 0.15) is 0 Å². The van der Waals surface area contributed by atoms with Crippen molar-refractivity contribution in [2.24, 2.45) is 0 Å². The van der Waals surface area contributed by atoms with Crippen LogP contribution in [0.15, 0.2) is 60.7 Å². The van der Waals surface area contributed by atoms with E-state index in [9.17, 15) is 9.59 Å². The van der Waals surface area contributed by atoms with Gasteiger partial charge in [0.2, 0.25) is 0 Å². The van der Waals surface area contributed by atoms with E-state index in [-0.39, 0.29) is 18.0 Å². The molecule has 0 saturated carbocycles. The van der Waals surface area contributed by atoms with Gasteiger partial charge >= 0.3 is 6.03 Å². The fourth-order valence-corrected chi connectivity index (χ4v) is 3.51. The second kappa shape index (κ2) is 8.65. The Bertz CT molecular complexity index is 1010. The molecule has 29 heavy (non-hydrogen) atoms. The summed E-state index contributed by atoms with van der Waals surface area (Å²) in [5.74, 6) is -0.156. The van der Waals surface area contributed by atoms with Crippen molar-refractivity contribution in [3.8, 4) is 0 Å². The van der Waals surface area contributed by atoms with Gasteiger partial charge in [0.05, 0.1) is 11.6 Å². The van der Waals surface area contributed by atoms with E-state index >= 15 is 0 Å². The van der Waals surface area contributed by atoms with Crippen molar-refractivity contribution >= 4 is 23.3 Å². The van der Waals surface area contributed by atoms with Crippen molar-refractivity contribution in [1.82, 2.24) is 9.88 Å². The Morgan fingerprint density at radius 2 is 1.48 bits per heavy atom. The van der Waals surface area contributed by atoms with Gasteiger partial charge in [-0.05, 0) is 56.7 Å². The smallest absolute Gasteiger partial charge is 0.318 e. The molecule has 0 saturated heterocycles. The summed E-state index contributed by atoms with van der Waals surface area (Å²) < 4.78 is 2.18. The molecule has 1 atom stereocenters. The highest BCUT2D eigenvalue weighted by molar-refractivity contribution is 6.05. The Hall–Kier alpha value is -3.54. The molecule has 0 aliphatic rings. The quantitative estimate of drug-likeness (QED) is 0.590. The highest BCUT2D eigenvalue weighted by Crippen LogP contribution is 2.26. The molecular weight excluding hydrogens is 364 g/mol. The number of anilines is 2. The summed E-state index contributed by atoms with van der Waals surface area (Å²) in [4.78, 5) is 24.2. The number of aryl methyl sites for hydroxylation is 1. The van der Waals surface area contributed by atoms with Gasteiger partial charge in [-0.25, -0.2) is 4.79 Å². The van der Waals surface area contributed by atoms with Crippen molar-refractivity contribution in [3.63, 3.8) is 0 Å². The molecule has 3 aromatic rings. The SMILES string of the molecule is CNC(=O)Nc1ccc(NC(=O)c2cc(C)n(C(C)c3ccccc3)c2C)cc1. The van der Waals surface area contributed by atoms with Crippen LogP contribution in [0.2, 0.25) is 0 Å². The highest BCUT2D eigenvalue weighted by Gasteiger charge is 2.19. The van der Waals surface area contributed by atoms with Gasteiger partial charge in [-0.2, -0.15) is 0 Å². The van der Waals surface area contributed by atoms with Crippen LogP contribution in [0, 0.1) is 13.8 Å². The normalized spacial score (nSPS) is 11.6. The van der Waals surface area contributed by atoms with Gasteiger partial charge in [0, 0.05) is 29.8 Å². The predicted octanol–water partition coefficient (Wildman–Crippen LogP) is 4.72. The molecule has 2 aromatic carbocycles. The summed E-state index contributed by atoms with van der Waals surface area (Å²) in [7, 11) is 1.55. The van der Waals surface area contributed by atoms with E-state index in [1.165, 1.54) is 5.56 Å². The van der Waals surface area contributed by atoms with Crippen molar-refractivity contribution < 1.29 is 9.59 Å². The zero-order chi connectivity index (χ0) is 21.0. The van der Waals surface area contributed by atoms with Crippen LogP contribution in [-0.4, -0.2) is 23.6 Å². The number of nitrogens with one attached hydrogen (secondary N) is 3. The van der Waals surface area contributed by atoms with Crippen LogP contribution >= 0.6 is 0 Å². The molecule has 3 amide bonds. The zero-order valence-corrected chi connectivity index (χ0v) is 17.1. The fraction of sp³-hybridized carbons (Fsp3) is 0.217. The molecule has 6 heteroatoms. The third kappa shape index (κ3) is 4.48. The summed E-state index contributed by atoms with van der Waals surface area (Å²) in [6, 6.07) is 19.0. The van der Waals surface area contributed by atoms with E-state index < -0.39 is 0 Å². The predicted molar refractivity (Wildman–Crippen MR) is 117 cm³/mol. The average Bonchev–Trinajstić information content (AvgIpc) is 3.03. The lowest BCUT2D eigenvalue weighted by Gasteiger charge is -2.19. The molecular formula is C23H26N4O2. The number of urea groups is 1. The van der Waals surface area contributed by atoms with E-state index in [1.54, 1.807) is 31.3 Å². The number of aromatic nitrogens is 1. The van der Waals surface area contributed by atoms with Crippen molar-refractivity contribution in [1.29, 1.82) is 0 Å². The van der Waals surface area contributed by atoms with Crippen LogP contribution in [-0.2, 0) is 0 Å². The van der Waals surface area contributed by atoms with Crippen LogP contribution in [0.5, 0.6) is 0 Å². The Morgan fingerprint density at radius 1 is 0.897 bits per heavy atom. The van der Waals surface area contributed by atoms with Crippen molar-refractivity contribution in [2.75, 3.05) is 17.7 Å². The van der Waals surface area contributed by atoms with Gasteiger partial charge in [-0.3, -0.25) is 4.79 Å². The number of rotatable bonds is 5. The molecule has 1 heterocycles. The molecule has 1 unspecified atom stereocenters. The number of benzene rings is 2. The van der Waals surface area contributed by atoms with E-state index in [2.05, 4.69) is 39.6 Å². The van der Waals surface area contributed by atoms with E-state index in [0.717, 1.165) is 11.4 Å². The largest absolute Gasteiger partial charge is 0.341 e. The van der Waals surface area contributed by atoms with Crippen molar-refractivity contribution in [3.05, 3.63) is 83.2 Å². The molecule has 150 valence electrons. The maximum Gasteiger partial charge on any atom is 0.318 e. The Balaban J connectivity index is 1.77. The molecule has 1 aromatic heterocycles. The number of nitrogens with zero attached hydrogens (tertiary/aromatic N) is 1. The van der Waals surface area contributed by atoms with Gasteiger partial charge in [-0.1, -0.05) is 30.3 Å². The maximum atomic E-state index is 12.9. The molecule has 0 fully saturated rings. The Labute approximate surface area is 170 Å². The van der Waals surface area contributed by atoms with E-state index in [1.807, 2.05) is 38.1 Å². The third-order valence-electron chi connectivity index (χ3n) is 5.03. The average molecular weight is 390 g/mol. The molecule has 0 aliphatic carbocycles. The number of amides is 3. The Kier molecular flexibility index (Phi) is 6.02. The summed E-state index contributed by atoms with van der Waals surface area (Å²) in [5, 5.41) is 8.11. The zero-order valence-electron chi connectivity index (χ0n) is 17.1. The first-order valence-electron chi connectivity index (χ1n) is 9.54. The summed E-state index contributed by atoms with van der Waals surface area (Å²) in [6.07, 6.45) is 0. The van der Waals surface area contributed by atoms with Crippen LogP contribution in [0.1, 0.15) is 40.3 Å². The van der Waals surface area contributed by atoms with Crippen LogP contribution in [0.3, 0.4) is 0 Å². The molecule has 0 aliphatic heterocycles. The van der Waals surface area contributed by atoms with Crippen LogP contribution in [0.4, 0.5) is 16.2 Å². The third-order valence-corrected chi connectivity index (χ3v) is 5.03. The minimum absolute atomic E-state index is 0.132. The maximum absolute atomic E-state index is 12.9. The first kappa shape index (κ1) is 20.2.